The summed E-state index contributed by atoms with van der Waals surface area (Å²) in [6, 6.07) is 11.1. The average Bonchev–Trinajstić information content (AvgIpc) is 2.49. The maximum absolute atomic E-state index is 10.8. The lowest BCUT2D eigenvalue weighted by Crippen LogP contribution is -2.24. The van der Waals surface area contributed by atoms with Gasteiger partial charge in [-0.3, -0.25) is 10.1 Å². The molecule has 0 aromatic heterocycles. The van der Waals surface area contributed by atoms with Gasteiger partial charge in [-0.1, -0.05) is 12.1 Å². The molecule has 0 bridgehead atoms. The molecule has 108 valence electrons. The Kier molecular flexibility index (Phi) is 4.07. The van der Waals surface area contributed by atoms with Gasteiger partial charge in [0.1, 0.15) is 0 Å². The van der Waals surface area contributed by atoms with Crippen LogP contribution in [-0.2, 0) is 13.0 Å². The predicted octanol–water partition coefficient (Wildman–Crippen LogP) is 3.59. The van der Waals surface area contributed by atoms with Gasteiger partial charge in [-0.25, -0.2) is 0 Å². The largest absolute Gasteiger partial charge is 0.354 e. The van der Waals surface area contributed by atoms with Crippen molar-refractivity contribution in [3.8, 4) is 0 Å². The van der Waals surface area contributed by atoms with Gasteiger partial charge in [0.15, 0.2) is 0 Å². The van der Waals surface area contributed by atoms with E-state index in [1.807, 2.05) is 6.07 Å². The topological polar surface area (TPSA) is 67.2 Å². The van der Waals surface area contributed by atoms with E-state index in [4.69, 9.17) is 0 Å². The zero-order valence-corrected chi connectivity index (χ0v) is 13.4. The molecule has 1 heterocycles. The van der Waals surface area contributed by atoms with Crippen LogP contribution in [0.15, 0.2) is 36.4 Å². The quantitative estimate of drug-likeness (QED) is 0.474. The lowest BCUT2D eigenvalue weighted by Gasteiger charge is -2.21. The summed E-state index contributed by atoms with van der Waals surface area (Å²) < 4.78 is 0.841. The molecule has 0 fully saturated rings. The minimum atomic E-state index is -0.373. The molecule has 0 saturated heterocycles. The number of nitro benzene ring substituents is 1. The average molecular weight is 395 g/mol. The first kappa shape index (κ1) is 14.3. The van der Waals surface area contributed by atoms with E-state index in [0.29, 0.717) is 0 Å². The highest BCUT2D eigenvalue weighted by Crippen LogP contribution is 2.30. The number of nitrogens with one attached hydrogen (secondary N) is 2. The molecule has 0 spiro atoms. The molecule has 5 nitrogen and oxygen atoms in total. The first-order valence-corrected chi connectivity index (χ1v) is 7.75. The van der Waals surface area contributed by atoms with E-state index in [1.165, 1.54) is 17.2 Å². The van der Waals surface area contributed by atoms with Crippen LogP contribution in [0.1, 0.15) is 11.1 Å². The van der Waals surface area contributed by atoms with Gasteiger partial charge in [0.25, 0.3) is 5.69 Å². The van der Waals surface area contributed by atoms with Gasteiger partial charge in [0.05, 0.1) is 10.6 Å². The van der Waals surface area contributed by atoms with Gasteiger partial charge >= 0.3 is 0 Å². The van der Waals surface area contributed by atoms with Crippen molar-refractivity contribution in [2.45, 2.75) is 13.0 Å². The van der Waals surface area contributed by atoms with Crippen LogP contribution in [0.25, 0.3) is 0 Å². The summed E-state index contributed by atoms with van der Waals surface area (Å²) in [5.41, 5.74) is 4.73. The molecule has 0 unspecified atom stereocenters. The molecule has 2 N–H and O–H groups in total. The van der Waals surface area contributed by atoms with Crippen molar-refractivity contribution in [1.29, 1.82) is 0 Å². The van der Waals surface area contributed by atoms with Crippen LogP contribution < -0.4 is 10.6 Å². The number of rotatable bonds is 3. The van der Waals surface area contributed by atoms with E-state index in [9.17, 15) is 10.1 Å². The van der Waals surface area contributed by atoms with Gasteiger partial charge in [-0.15, -0.1) is 0 Å². The lowest BCUT2D eigenvalue weighted by atomic mass is 9.99. The molecule has 3 rings (SSSR count). The molecule has 0 saturated carbocycles. The maximum atomic E-state index is 10.8. The highest BCUT2D eigenvalue weighted by Gasteiger charge is 2.14. The second-order valence-corrected chi connectivity index (χ2v) is 6.08. The zero-order valence-electron chi connectivity index (χ0n) is 11.2. The van der Waals surface area contributed by atoms with Crippen molar-refractivity contribution >= 4 is 39.7 Å². The van der Waals surface area contributed by atoms with Gasteiger partial charge in [-0.2, -0.15) is 0 Å². The first-order valence-electron chi connectivity index (χ1n) is 6.67. The fourth-order valence-electron chi connectivity index (χ4n) is 2.51. The Labute approximate surface area is 136 Å². The van der Waals surface area contributed by atoms with Crippen LogP contribution in [0.3, 0.4) is 0 Å². The van der Waals surface area contributed by atoms with Crippen molar-refractivity contribution in [2.24, 2.45) is 0 Å². The van der Waals surface area contributed by atoms with Gasteiger partial charge in [-0.05, 0) is 58.8 Å². The van der Waals surface area contributed by atoms with Gasteiger partial charge in [0.2, 0.25) is 0 Å². The number of hydrogen-bond donors (Lipinski definition) is 2. The lowest BCUT2D eigenvalue weighted by molar-refractivity contribution is -0.384. The van der Waals surface area contributed by atoms with Crippen molar-refractivity contribution in [3.63, 3.8) is 0 Å². The number of hydrogen-bond acceptors (Lipinski definition) is 4. The summed E-state index contributed by atoms with van der Waals surface area (Å²) in [6.07, 6.45) is 0.988. The van der Waals surface area contributed by atoms with E-state index < -0.39 is 0 Å². The summed E-state index contributed by atoms with van der Waals surface area (Å²) in [6.45, 7) is 1.87. The van der Waals surface area contributed by atoms with E-state index >= 15 is 0 Å². The second kappa shape index (κ2) is 5.98. The monoisotopic (exact) mass is 395 g/mol. The Balaban J connectivity index is 1.92. The van der Waals surface area contributed by atoms with E-state index in [0.717, 1.165) is 34.5 Å². The van der Waals surface area contributed by atoms with Crippen LogP contribution in [0.5, 0.6) is 0 Å². The molecule has 0 radical (unpaired) electrons. The summed E-state index contributed by atoms with van der Waals surface area (Å²) >= 11 is 2.12. The Morgan fingerprint density at radius 2 is 2.10 bits per heavy atom. The summed E-state index contributed by atoms with van der Waals surface area (Å²) in [4.78, 5) is 10.4. The van der Waals surface area contributed by atoms with E-state index in [-0.39, 0.29) is 10.6 Å². The minimum Gasteiger partial charge on any atom is -0.354 e. The van der Waals surface area contributed by atoms with Crippen molar-refractivity contribution in [3.05, 3.63) is 61.2 Å². The third-order valence-corrected chi connectivity index (χ3v) is 4.47. The number of halogens is 1. The standard InChI is InChI=1S/C15H14IN3O2/c16-13-8-11(19(20)21)4-5-15(13)18-14-3-1-2-10-9-17-7-6-12(10)14/h1-5,8,17-18H,6-7,9H2. The van der Waals surface area contributed by atoms with Crippen LogP contribution >= 0.6 is 22.6 Å². The summed E-state index contributed by atoms with van der Waals surface area (Å²) in [5, 5.41) is 17.6. The number of non-ortho nitro benzene ring substituents is 1. The Bertz CT molecular complexity index is 703. The first-order chi connectivity index (χ1) is 10.1. The molecule has 6 heteroatoms. The molecule has 0 aliphatic carbocycles. The Morgan fingerprint density at radius 1 is 1.24 bits per heavy atom. The number of anilines is 2. The van der Waals surface area contributed by atoms with E-state index in [1.54, 1.807) is 12.1 Å². The van der Waals surface area contributed by atoms with Gasteiger partial charge < -0.3 is 10.6 Å². The predicted molar refractivity (Wildman–Crippen MR) is 90.9 cm³/mol. The van der Waals surface area contributed by atoms with E-state index in [2.05, 4.69) is 45.4 Å². The maximum Gasteiger partial charge on any atom is 0.270 e. The fourth-order valence-corrected chi connectivity index (χ4v) is 3.15. The highest BCUT2D eigenvalue weighted by atomic mass is 127. The Hall–Kier alpha value is -1.67. The smallest absolute Gasteiger partial charge is 0.270 e. The molecular formula is C15H14IN3O2. The van der Waals surface area contributed by atoms with Crippen LogP contribution in [0.2, 0.25) is 0 Å². The molecule has 2 aromatic rings. The normalized spacial score (nSPS) is 13.6. The number of fused-ring (bicyclic) bond motifs is 1. The number of nitrogens with zero attached hydrogens (tertiary/aromatic N) is 1. The SMILES string of the molecule is O=[N+]([O-])c1ccc(Nc2cccc3c2CCNC3)c(I)c1. The summed E-state index contributed by atoms with van der Waals surface area (Å²) in [5.74, 6) is 0. The molecule has 1 aliphatic rings. The molecule has 0 atom stereocenters. The van der Waals surface area contributed by atoms with Crippen LogP contribution in [0, 0.1) is 13.7 Å². The molecule has 2 aromatic carbocycles. The van der Waals surface area contributed by atoms with Crippen molar-refractivity contribution in [2.75, 3.05) is 11.9 Å². The fraction of sp³-hybridized carbons (Fsp3) is 0.200. The zero-order chi connectivity index (χ0) is 14.8. The molecule has 0 amide bonds. The molecule has 1 aliphatic heterocycles. The second-order valence-electron chi connectivity index (χ2n) is 4.92. The third-order valence-electron chi connectivity index (χ3n) is 3.57. The number of nitro groups is 1. The Morgan fingerprint density at radius 3 is 2.86 bits per heavy atom. The third kappa shape index (κ3) is 3.01. The van der Waals surface area contributed by atoms with Crippen LogP contribution in [-0.4, -0.2) is 11.5 Å². The van der Waals surface area contributed by atoms with Crippen LogP contribution in [0.4, 0.5) is 17.1 Å². The van der Waals surface area contributed by atoms with Crippen molar-refractivity contribution < 1.29 is 4.92 Å². The summed E-state index contributed by atoms with van der Waals surface area (Å²) in [7, 11) is 0. The van der Waals surface area contributed by atoms with Gasteiger partial charge in [0, 0.05) is 27.9 Å². The van der Waals surface area contributed by atoms with Crippen molar-refractivity contribution in [1.82, 2.24) is 5.32 Å². The molecule has 21 heavy (non-hydrogen) atoms. The molecular weight excluding hydrogens is 381 g/mol. The minimum absolute atomic E-state index is 0.115. The number of benzene rings is 2. The highest BCUT2D eigenvalue weighted by molar-refractivity contribution is 14.1.